The third-order valence-corrected chi connectivity index (χ3v) is 4.55. The number of hydrogen-bond acceptors (Lipinski definition) is 5. The van der Waals surface area contributed by atoms with Crippen LogP contribution in [0.15, 0.2) is 42.5 Å². The van der Waals surface area contributed by atoms with Crippen LogP contribution in [-0.4, -0.2) is 41.4 Å². The van der Waals surface area contributed by atoms with E-state index in [1.54, 1.807) is 63.2 Å². The van der Waals surface area contributed by atoms with E-state index in [-0.39, 0.29) is 18.4 Å². The van der Waals surface area contributed by atoms with E-state index in [2.05, 4.69) is 5.32 Å². The lowest BCUT2D eigenvalue weighted by molar-refractivity contribution is -0.155. The molecule has 2 aromatic carbocycles. The van der Waals surface area contributed by atoms with Gasteiger partial charge in [-0.25, -0.2) is 0 Å². The van der Waals surface area contributed by atoms with Gasteiger partial charge in [0, 0.05) is 23.4 Å². The second kappa shape index (κ2) is 8.37. The lowest BCUT2D eigenvalue weighted by Crippen LogP contribution is -2.42. The first-order valence-electron chi connectivity index (χ1n) is 9.62. The van der Waals surface area contributed by atoms with Crippen molar-refractivity contribution in [2.24, 2.45) is 0 Å². The number of nitrogens with one attached hydrogen (secondary N) is 1. The molecule has 0 atom stereocenters. The smallest absolute Gasteiger partial charge is 0.326 e. The van der Waals surface area contributed by atoms with E-state index in [9.17, 15) is 14.4 Å². The number of carbonyl (C=O) groups excluding carboxylic acids is 3. The third kappa shape index (κ3) is 5.03. The standard InChI is InChI=1S/C23H23N3O4/c1-23(2,3)30-20(27)14-26-11-10-17-12-18(8-9-19(17)22(26)29)25-21(28)16-6-4-15(13-24)5-7-16/h4-9,12H,10-11,14H2,1-3H3,(H,25,28). The zero-order valence-electron chi connectivity index (χ0n) is 17.2. The van der Waals surface area contributed by atoms with Gasteiger partial charge < -0.3 is 15.0 Å². The monoisotopic (exact) mass is 405 g/mol. The number of nitriles is 1. The van der Waals surface area contributed by atoms with Crippen molar-refractivity contribution in [2.75, 3.05) is 18.4 Å². The fourth-order valence-corrected chi connectivity index (χ4v) is 3.19. The first-order chi connectivity index (χ1) is 14.2. The fourth-order valence-electron chi connectivity index (χ4n) is 3.19. The molecular formula is C23H23N3O4. The van der Waals surface area contributed by atoms with E-state index in [1.807, 2.05) is 6.07 Å². The van der Waals surface area contributed by atoms with Crippen molar-refractivity contribution in [3.8, 4) is 6.07 Å². The van der Waals surface area contributed by atoms with E-state index in [4.69, 9.17) is 10.00 Å². The fraction of sp³-hybridized carbons (Fsp3) is 0.304. The van der Waals surface area contributed by atoms with Gasteiger partial charge in [0.2, 0.25) is 0 Å². The Hall–Kier alpha value is -3.66. The predicted molar refractivity (Wildman–Crippen MR) is 111 cm³/mol. The maximum atomic E-state index is 12.7. The average Bonchev–Trinajstić information content (AvgIpc) is 2.69. The van der Waals surface area contributed by atoms with E-state index >= 15 is 0 Å². The van der Waals surface area contributed by atoms with Gasteiger partial charge in [-0.05, 0) is 75.2 Å². The highest BCUT2D eigenvalue weighted by atomic mass is 16.6. The Morgan fingerprint density at radius 2 is 1.87 bits per heavy atom. The molecule has 2 aromatic rings. The predicted octanol–water partition coefficient (Wildman–Crippen LogP) is 3.15. The first-order valence-corrected chi connectivity index (χ1v) is 9.62. The Kier molecular flexibility index (Phi) is 5.88. The molecule has 0 fully saturated rings. The molecule has 0 unspecified atom stereocenters. The molecule has 1 heterocycles. The van der Waals surface area contributed by atoms with Crippen LogP contribution in [0.3, 0.4) is 0 Å². The van der Waals surface area contributed by atoms with E-state index in [1.165, 1.54) is 4.90 Å². The SMILES string of the molecule is CC(C)(C)OC(=O)CN1CCc2cc(NC(=O)c3ccc(C#N)cc3)ccc2C1=O. The summed E-state index contributed by atoms with van der Waals surface area (Å²) < 4.78 is 5.30. The molecular weight excluding hydrogens is 382 g/mol. The number of ether oxygens (including phenoxy) is 1. The second-order valence-corrected chi connectivity index (χ2v) is 8.08. The zero-order chi connectivity index (χ0) is 21.9. The maximum Gasteiger partial charge on any atom is 0.326 e. The summed E-state index contributed by atoms with van der Waals surface area (Å²) in [5.41, 5.74) is 2.23. The summed E-state index contributed by atoms with van der Waals surface area (Å²) in [6.45, 7) is 5.66. The first kappa shape index (κ1) is 21.1. The van der Waals surface area contributed by atoms with Crippen LogP contribution in [0.25, 0.3) is 0 Å². The van der Waals surface area contributed by atoms with E-state index in [0.717, 1.165) is 5.56 Å². The maximum absolute atomic E-state index is 12.7. The average molecular weight is 405 g/mol. The lowest BCUT2D eigenvalue weighted by atomic mass is 9.98. The number of esters is 1. The van der Waals surface area contributed by atoms with Crippen molar-refractivity contribution < 1.29 is 19.1 Å². The number of benzene rings is 2. The molecule has 0 aromatic heterocycles. The third-order valence-electron chi connectivity index (χ3n) is 4.55. The molecule has 2 amide bonds. The molecule has 7 heteroatoms. The minimum Gasteiger partial charge on any atom is -0.459 e. The minimum atomic E-state index is -0.601. The van der Waals surface area contributed by atoms with Gasteiger partial charge in [-0.1, -0.05) is 0 Å². The normalized spacial score (nSPS) is 13.3. The topological polar surface area (TPSA) is 99.5 Å². The van der Waals surface area contributed by atoms with Gasteiger partial charge in [-0.3, -0.25) is 14.4 Å². The molecule has 0 saturated heterocycles. The van der Waals surface area contributed by atoms with Crippen LogP contribution in [0.2, 0.25) is 0 Å². The summed E-state index contributed by atoms with van der Waals surface area (Å²) in [5.74, 6) is -0.967. The van der Waals surface area contributed by atoms with Crippen LogP contribution in [0.5, 0.6) is 0 Å². The van der Waals surface area contributed by atoms with Crippen LogP contribution < -0.4 is 5.32 Å². The summed E-state index contributed by atoms with van der Waals surface area (Å²) in [6.07, 6.45) is 0.574. The zero-order valence-corrected chi connectivity index (χ0v) is 17.2. The quantitative estimate of drug-likeness (QED) is 0.788. The highest BCUT2D eigenvalue weighted by Crippen LogP contribution is 2.23. The Morgan fingerprint density at radius 1 is 1.17 bits per heavy atom. The Bertz CT molecular complexity index is 1030. The molecule has 0 bridgehead atoms. The van der Waals surface area contributed by atoms with Gasteiger partial charge >= 0.3 is 5.97 Å². The number of rotatable bonds is 4. The number of nitrogens with zero attached hydrogens (tertiary/aromatic N) is 2. The summed E-state index contributed by atoms with van der Waals surface area (Å²) in [6, 6.07) is 13.5. The highest BCUT2D eigenvalue weighted by molar-refractivity contribution is 6.05. The van der Waals surface area contributed by atoms with Gasteiger partial charge in [-0.15, -0.1) is 0 Å². The van der Waals surface area contributed by atoms with Crippen LogP contribution in [0.4, 0.5) is 5.69 Å². The van der Waals surface area contributed by atoms with Crippen molar-refractivity contribution in [3.63, 3.8) is 0 Å². The van der Waals surface area contributed by atoms with Crippen molar-refractivity contribution in [1.82, 2.24) is 4.90 Å². The molecule has 154 valence electrons. The molecule has 0 saturated carbocycles. The molecule has 1 N–H and O–H groups in total. The second-order valence-electron chi connectivity index (χ2n) is 8.08. The molecule has 1 aliphatic rings. The lowest BCUT2D eigenvalue weighted by Gasteiger charge is -2.29. The molecule has 0 radical (unpaired) electrons. The molecule has 0 aliphatic carbocycles. The summed E-state index contributed by atoms with van der Waals surface area (Å²) >= 11 is 0. The van der Waals surface area contributed by atoms with Crippen molar-refractivity contribution in [3.05, 3.63) is 64.7 Å². The Balaban J connectivity index is 1.68. The van der Waals surface area contributed by atoms with Crippen molar-refractivity contribution in [1.29, 1.82) is 5.26 Å². The van der Waals surface area contributed by atoms with Crippen LogP contribution in [0, 0.1) is 11.3 Å². The van der Waals surface area contributed by atoms with E-state index in [0.29, 0.717) is 35.3 Å². The number of amides is 2. The van der Waals surface area contributed by atoms with Crippen LogP contribution in [0.1, 0.15) is 52.6 Å². The Labute approximate surface area is 175 Å². The summed E-state index contributed by atoms with van der Waals surface area (Å²) in [4.78, 5) is 38.7. The molecule has 0 spiro atoms. The van der Waals surface area contributed by atoms with Crippen LogP contribution in [-0.2, 0) is 16.0 Å². The summed E-state index contributed by atoms with van der Waals surface area (Å²) in [5, 5.41) is 11.7. The minimum absolute atomic E-state index is 0.0906. The number of carbonyl (C=O) groups is 3. The molecule has 1 aliphatic heterocycles. The summed E-state index contributed by atoms with van der Waals surface area (Å²) in [7, 11) is 0. The number of fused-ring (bicyclic) bond motifs is 1. The number of anilines is 1. The highest BCUT2D eigenvalue weighted by Gasteiger charge is 2.28. The molecule has 3 rings (SSSR count). The number of hydrogen-bond donors (Lipinski definition) is 1. The van der Waals surface area contributed by atoms with Crippen molar-refractivity contribution >= 4 is 23.5 Å². The van der Waals surface area contributed by atoms with Gasteiger partial charge in [0.25, 0.3) is 11.8 Å². The van der Waals surface area contributed by atoms with Gasteiger partial charge in [0.05, 0.1) is 11.6 Å². The molecule has 30 heavy (non-hydrogen) atoms. The van der Waals surface area contributed by atoms with Crippen molar-refractivity contribution in [2.45, 2.75) is 32.8 Å². The molecule has 7 nitrogen and oxygen atoms in total. The van der Waals surface area contributed by atoms with E-state index < -0.39 is 11.6 Å². The van der Waals surface area contributed by atoms with Gasteiger partial charge in [0.15, 0.2) is 0 Å². The van der Waals surface area contributed by atoms with Gasteiger partial charge in [0.1, 0.15) is 12.1 Å². The Morgan fingerprint density at radius 3 is 2.50 bits per heavy atom. The largest absolute Gasteiger partial charge is 0.459 e. The van der Waals surface area contributed by atoms with Crippen LogP contribution >= 0.6 is 0 Å². The van der Waals surface area contributed by atoms with Gasteiger partial charge in [-0.2, -0.15) is 5.26 Å².